The first-order valence-corrected chi connectivity index (χ1v) is 10.2. The lowest BCUT2D eigenvalue weighted by molar-refractivity contribution is 0.431. The van der Waals surface area contributed by atoms with Crippen molar-refractivity contribution in [3.05, 3.63) is 82.9 Å². The Balaban J connectivity index is 1.47. The van der Waals surface area contributed by atoms with Gasteiger partial charge < -0.3 is 4.90 Å². The smallest absolute Gasteiger partial charge is 0.131 e. The predicted octanol–water partition coefficient (Wildman–Crippen LogP) is 5.16. The van der Waals surface area contributed by atoms with Crippen molar-refractivity contribution in [1.82, 2.24) is 4.90 Å². The van der Waals surface area contributed by atoms with Gasteiger partial charge in [-0.2, -0.15) is 0 Å². The van der Waals surface area contributed by atoms with Gasteiger partial charge in [-0.15, -0.1) is 0 Å². The van der Waals surface area contributed by atoms with Crippen LogP contribution in [0.3, 0.4) is 0 Å². The third kappa shape index (κ3) is 2.93. The molecule has 0 saturated carbocycles. The van der Waals surface area contributed by atoms with Crippen LogP contribution in [0.25, 0.3) is 10.8 Å². The van der Waals surface area contributed by atoms with E-state index in [1.807, 2.05) is 0 Å². The second-order valence-corrected chi connectivity index (χ2v) is 7.89. The standard InChI is InChI=1S/C25H26N2/c1-18-7-4-13-24(25-26-17-21-11-6-16-27(21)25)22(18)15-14-20-10-5-9-19-8-2-3-12-23(19)20/h2-5,7-10,12-13,21H,6,11,14-17H2,1H3/t21-/m0/s1. The highest BCUT2D eigenvalue weighted by atomic mass is 15.3. The molecular weight excluding hydrogens is 328 g/mol. The van der Waals surface area contributed by atoms with Gasteiger partial charge in [-0.25, -0.2) is 0 Å². The maximum absolute atomic E-state index is 4.94. The summed E-state index contributed by atoms with van der Waals surface area (Å²) in [6, 6.07) is 22.8. The summed E-state index contributed by atoms with van der Waals surface area (Å²) in [7, 11) is 0. The molecule has 3 aromatic rings. The minimum atomic E-state index is 0.645. The van der Waals surface area contributed by atoms with E-state index >= 15 is 0 Å². The van der Waals surface area contributed by atoms with Crippen molar-refractivity contribution in [2.75, 3.05) is 13.1 Å². The molecule has 27 heavy (non-hydrogen) atoms. The van der Waals surface area contributed by atoms with Crippen molar-refractivity contribution in [1.29, 1.82) is 0 Å². The van der Waals surface area contributed by atoms with Crippen LogP contribution in [-0.4, -0.2) is 29.9 Å². The maximum Gasteiger partial charge on any atom is 0.131 e. The van der Waals surface area contributed by atoms with Crippen LogP contribution in [0, 0.1) is 6.92 Å². The largest absolute Gasteiger partial charge is 0.352 e. The van der Waals surface area contributed by atoms with Gasteiger partial charge in [0.05, 0.1) is 12.6 Å². The molecule has 0 amide bonds. The fraction of sp³-hybridized carbons (Fsp3) is 0.320. The lowest BCUT2D eigenvalue weighted by atomic mass is 9.93. The summed E-state index contributed by atoms with van der Waals surface area (Å²) in [6.07, 6.45) is 4.73. The van der Waals surface area contributed by atoms with Gasteiger partial charge in [0.15, 0.2) is 0 Å². The maximum atomic E-state index is 4.94. The molecule has 1 atom stereocenters. The number of amidine groups is 1. The predicted molar refractivity (Wildman–Crippen MR) is 114 cm³/mol. The zero-order valence-electron chi connectivity index (χ0n) is 16.0. The topological polar surface area (TPSA) is 15.6 Å². The number of hydrogen-bond donors (Lipinski definition) is 0. The molecule has 5 rings (SSSR count). The van der Waals surface area contributed by atoms with Crippen LogP contribution in [0.2, 0.25) is 0 Å². The molecule has 0 unspecified atom stereocenters. The van der Waals surface area contributed by atoms with Gasteiger partial charge >= 0.3 is 0 Å². The van der Waals surface area contributed by atoms with E-state index in [0.717, 1.165) is 19.4 Å². The van der Waals surface area contributed by atoms with E-state index in [0.29, 0.717) is 6.04 Å². The molecule has 2 heterocycles. The molecule has 0 radical (unpaired) electrons. The molecule has 2 aliphatic rings. The quantitative estimate of drug-likeness (QED) is 0.632. The number of benzene rings is 3. The highest BCUT2D eigenvalue weighted by molar-refractivity contribution is 6.01. The number of hydrogen-bond acceptors (Lipinski definition) is 2. The minimum Gasteiger partial charge on any atom is -0.352 e. The highest BCUT2D eigenvalue weighted by Crippen LogP contribution is 2.29. The summed E-state index contributed by atoms with van der Waals surface area (Å²) in [6.45, 7) is 4.39. The second kappa shape index (κ2) is 6.84. The molecule has 1 saturated heterocycles. The van der Waals surface area contributed by atoms with Crippen LogP contribution in [0.15, 0.2) is 65.7 Å². The summed E-state index contributed by atoms with van der Waals surface area (Å²) < 4.78 is 0. The van der Waals surface area contributed by atoms with E-state index in [1.165, 1.54) is 58.2 Å². The Kier molecular flexibility index (Phi) is 4.20. The molecule has 0 aliphatic carbocycles. The van der Waals surface area contributed by atoms with Crippen LogP contribution >= 0.6 is 0 Å². The highest BCUT2D eigenvalue weighted by Gasteiger charge is 2.33. The number of aliphatic imine (C=N–C) groups is 1. The van der Waals surface area contributed by atoms with Gasteiger partial charge in [-0.3, -0.25) is 4.99 Å². The first kappa shape index (κ1) is 16.6. The lowest BCUT2D eigenvalue weighted by Gasteiger charge is -2.22. The summed E-state index contributed by atoms with van der Waals surface area (Å²) >= 11 is 0. The fourth-order valence-electron chi connectivity index (χ4n) is 4.84. The van der Waals surface area contributed by atoms with Crippen LogP contribution in [0.1, 0.15) is 35.1 Å². The molecule has 2 heteroatoms. The van der Waals surface area contributed by atoms with E-state index in [-0.39, 0.29) is 0 Å². The van der Waals surface area contributed by atoms with E-state index < -0.39 is 0 Å². The molecule has 0 bridgehead atoms. The third-order valence-electron chi connectivity index (χ3n) is 6.28. The van der Waals surface area contributed by atoms with Gasteiger partial charge in [-0.05, 0) is 60.1 Å². The molecule has 2 aliphatic heterocycles. The zero-order chi connectivity index (χ0) is 18.2. The van der Waals surface area contributed by atoms with Crippen LogP contribution in [0.5, 0.6) is 0 Å². The van der Waals surface area contributed by atoms with Crippen LogP contribution in [0.4, 0.5) is 0 Å². The normalized spacial score (nSPS) is 18.8. The number of nitrogens with zero attached hydrogens (tertiary/aromatic N) is 2. The number of fused-ring (bicyclic) bond motifs is 2. The zero-order valence-corrected chi connectivity index (χ0v) is 16.0. The Morgan fingerprint density at radius 3 is 2.78 bits per heavy atom. The number of aryl methyl sites for hydroxylation is 2. The summed E-state index contributed by atoms with van der Waals surface area (Å²) in [5.41, 5.74) is 5.66. The summed E-state index contributed by atoms with van der Waals surface area (Å²) in [5, 5.41) is 2.72. The molecule has 136 valence electrons. The van der Waals surface area contributed by atoms with Gasteiger partial charge in [0.25, 0.3) is 0 Å². The Bertz CT molecular complexity index is 1010. The van der Waals surface area contributed by atoms with E-state index in [4.69, 9.17) is 4.99 Å². The Hall–Kier alpha value is -2.61. The van der Waals surface area contributed by atoms with Crippen LogP contribution < -0.4 is 0 Å². The minimum absolute atomic E-state index is 0.645. The molecule has 1 fully saturated rings. The van der Waals surface area contributed by atoms with Crippen molar-refractivity contribution < 1.29 is 0 Å². The van der Waals surface area contributed by atoms with Crippen molar-refractivity contribution in [2.24, 2.45) is 4.99 Å². The third-order valence-corrected chi connectivity index (χ3v) is 6.28. The molecular formula is C25H26N2. The SMILES string of the molecule is Cc1cccc(C2=NC[C@@H]3CCCN23)c1CCc1cccc2ccccc12. The second-order valence-electron chi connectivity index (χ2n) is 7.89. The molecule has 0 spiro atoms. The monoisotopic (exact) mass is 354 g/mol. The Morgan fingerprint density at radius 1 is 0.963 bits per heavy atom. The van der Waals surface area contributed by atoms with Crippen molar-refractivity contribution in [3.63, 3.8) is 0 Å². The molecule has 0 aromatic heterocycles. The Labute approximate surface area is 161 Å². The molecule has 2 nitrogen and oxygen atoms in total. The van der Waals surface area contributed by atoms with Crippen molar-refractivity contribution in [2.45, 2.75) is 38.6 Å². The van der Waals surface area contributed by atoms with Crippen molar-refractivity contribution in [3.8, 4) is 0 Å². The first-order valence-electron chi connectivity index (χ1n) is 10.2. The summed E-state index contributed by atoms with van der Waals surface area (Å²) in [5.74, 6) is 1.24. The van der Waals surface area contributed by atoms with E-state index in [2.05, 4.69) is 72.5 Å². The van der Waals surface area contributed by atoms with Gasteiger partial charge in [0.2, 0.25) is 0 Å². The van der Waals surface area contributed by atoms with Gasteiger partial charge in [-0.1, -0.05) is 60.7 Å². The van der Waals surface area contributed by atoms with Gasteiger partial charge in [0, 0.05) is 12.1 Å². The average molecular weight is 354 g/mol. The average Bonchev–Trinajstić information content (AvgIpc) is 3.31. The fourth-order valence-corrected chi connectivity index (χ4v) is 4.84. The van der Waals surface area contributed by atoms with E-state index in [9.17, 15) is 0 Å². The van der Waals surface area contributed by atoms with Gasteiger partial charge in [0.1, 0.15) is 5.84 Å². The lowest BCUT2D eigenvalue weighted by Crippen LogP contribution is -2.32. The molecule has 0 N–H and O–H groups in total. The van der Waals surface area contributed by atoms with Crippen LogP contribution in [-0.2, 0) is 12.8 Å². The first-order chi connectivity index (χ1) is 13.3. The molecule has 3 aromatic carbocycles. The van der Waals surface area contributed by atoms with E-state index in [1.54, 1.807) is 0 Å². The van der Waals surface area contributed by atoms with Crippen molar-refractivity contribution >= 4 is 16.6 Å². The summed E-state index contributed by atoms with van der Waals surface area (Å²) in [4.78, 5) is 7.49. The number of rotatable bonds is 4. The Morgan fingerprint density at radius 2 is 1.81 bits per heavy atom.